The lowest BCUT2D eigenvalue weighted by Gasteiger charge is -2.14. The van der Waals surface area contributed by atoms with Crippen LogP contribution in [0.25, 0.3) is 0 Å². The summed E-state index contributed by atoms with van der Waals surface area (Å²) in [5.41, 5.74) is 6.63. The fourth-order valence-corrected chi connectivity index (χ4v) is 2.22. The van der Waals surface area contributed by atoms with Crippen LogP contribution in [0.1, 0.15) is 24.8 Å². The first-order chi connectivity index (χ1) is 8.79. The summed E-state index contributed by atoms with van der Waals surface area (Å²) < 4.78 is 0. The second-order valence-corrected chi connectivity index (χ2v) is 4.61. The SMILES string of the molecule is N#Cc1cc(N)cnc1NCCCN1CCCC1. The smallest absolute Gasteiger partial charge is 0.144 e. The molecule has 0 spiro atoms. The molecule has 1 aromatic rings. The molecular formula is C13H19N5. The molecule has 1 aromatic heterocycles. The predicted molar refractivity (Wildman–Crippen MR) is 72.1 cm³/mol. The minimum Gasteiger partial charge on any atom is -0.397 e. The molecule has 1 aliphatic heterocycles. The molecule has 2 rings (SSSR count). The summed E-state index contributed by atoms with van der Waals surface area (Å²) in [6.45, 7) is 4.40. The maximum Gasteiger partial charge on any atom is 0.144 e. The summed E-state index contributed by atoms with van der Waals surface area (Å²) >= 11 is 0. The number of nitrogens with one attached hydrogen (secondary N) is 1. The summed E-state index contributed by atoms with van der Waals surface area (Å²) in [4.78, 5) is 6.62. The van der Waals surface area contributed by atoms with Gasteiger partial charge in [-0.15, -0.1) is 0 Å². The Labute approximate surface area is 108 Å². The Morgan fingerprint density at radius 3 is 2.94 bits per heavy atom. The van der Waals surface area contributed by atoms with Crippen LogP contribution in [0.15, 0.2) is 12.3 Å². The molecule has 1 fully saturated rings. The molecule has 18 heavy (non-hydrogen) atoms. The molecule has 0 bridgehead atoms. The minimum absolute atomic E-state index is 0.510. The average molecular weight is 245 g/mol. The number of nitrogens with zero attached hydrogens (tertiary/aromatic N) is 3. The number of rotatable bonds is 5. The number of hydrogen-bond donors (Lipinski definition) is 2. The molecule has 1 aliphatic rings. The van der Waals surface area contributed by atoms with E-state index in [0.29, 0.717) is 17.1 Å². The van der Waals surface area contributed by atoms with Crippen molar-refractivity contribution in [3.05, 3.63) is 17.8 Å². The number of aromatic nitrogens is 1. The summed E-state index contributed by atoms with van der Waals surface area (Å²) in [6, 6.07) is 3.75. The summed E-state index contributed by atoms with van der Waals surface area (Å²) in [5, 5.41) is 12.2. The Bertz CT molecular complexity index is 431. The van der Waals surface area contributed by atoms with Gasteiger partial charge in [0.1, 0.15) is 11.9 Å². The van der Waals surface area contributed by atoms with Gasteiger partial charge < -0.3 is 16.0 Å². The van der Waals surface area contributed by atoms with Gasteiger partial charge in [-0.05, 0) is 45.0 Å². The lowest BCUT2D eigenvalue weighted by Crippen LogP contribution is -2.22. The van der Waals surface area contributed by atoms with Crippen LogP contribution >= 0.6 is 0 Å². The Hall–Kier alpha value is -1.80. The monoisotopic (exact) mass is 245 g/mol. The normalized spacial score (nSPS) is 15.5. The maximum absolute atomic E-state index is 8.98. The third-order valence-electron chi connectivity index (χ3n) is 3.17. The van der Waals surface area contributed by atoms with E-state index in [1.807, 2.05) is 0 Å². The summed E-state index contributed by atoms with van der Waals surface area (Å²) in [5.74, 6) is 0.633. The highest BCUT2D eigenvalue weighted by Crippen LogP contribution is 2.14. The molecule has 5 heteroatoms. The van der Waals surface area contributed by atoms with Crippen LogP contribution in [-0.2, 0) is 0 Å². The third kappa shape index (κ3) is 3.34. The Morgan fingerprint density at radius 2 is 2.22 bits per heavy atom. The topological polar surface area (TPSA) is 78.0 Å². The van der Waals surface area contributed by atoms with Crippen LogP contribution in [0, 0.1) is 11.3 Å². The van der Waals surface area contributed by atoms with Crippen molar-refractivity contribution < 1.29 is 0 Å². The van der Waals surface area contributed by atoms with Gasteiger partial charge in [0.25, 0.3) is 0 Å². The van der Waals surface area contributed by atoms with Gasteiger partial charge in [0.05, 0.1) is 17.4 Å². The number of nitrogens with two attached hydrogens (primary N) is 1. The average Bonchev–Trinajstić information content (AvgIpc) is 2.89. The molecule has 0 aromatic carbocycles. The van der Waals surface area contributed by atoms with Crippen LogP contribution in [0.4, 0.5) is 11.5 Å². The molecule has 0 unspecified atom stereocenters. The third-order valence-corrected chi connectivity index (χ3v) is 3.17. The zero-order valence-corrected chi connectivity index (χ0v) is 10.5. The first-order valence-electron chi connectivity index (χ1n) is 6.41. The summed E-state index contributed by atoms with van der Waals surface area (Å²) in [7, 11) is 0. The summed E-state index contributed by atoms with van der Waals surface area (Å²) in [6.07, 6.45) is 5.29. The molecule has 3 N–H and O–H groups in total. The van der Waals surface area contributed by atoms with Gasteiger partial charge in [-0.25, -0.2) is 4.98 Å². The molecular weight excluding hydrogens is 226 g/mol. The lowest BCUT2D eigenvalue weighted by molar-refractivity contribution is 0.337. The second-order valence-electron chi connectivity index (χ2n) is 4.61. The van der Waals surface area contributed by atoms with Crippen LogP contribution < -0.4 is 11.1 Å². The largest absolute Gasteiger partial charge is 0.397 e. The lowest BCUT2D eigenvalue weighted by atomic mass is 10.2. The molecule has 0 aliphatic carbocycles. The van der Waals surface area contributed by atoms with E-state index in [9.17, 15) is 0 Å². The van der Waals surface area contributed by atoms with Crippen molar-refractivity contribution in [3.63, 3.8) is 0 Å². The van der Waals surface area contributed by atoms with Crippen molar-refractivity contribution >= 4 is 11.5 Å². The fourth-order valence-electron chi connectivity index (χ4n) is 2.22. The molecule has 0 radical (unpaired) electrons. The maximum atomic E-state index is 8.98. The first-order valence-corrected chi connectivity index (χ1v) is 6.41. The Morgan fingerprint density at radius 1 is 1.44 bits per heavy atom. The second kappa shape index (κ2) is 6.22. The molecule has 5 nitrogen and oxygen atoms in total. The van der Waals surface area contributed by atoms with Crippen LogP contribution in [0.2, 0.25) is 0 Å². The van der Waals surface area contributed by atoms with Crippen molar-refractivity contribution in [2.45, 2.75) is 19.3 Å². The highest BCUT2D eigenvalue weighted by molar-refractivity contribution is 5.57. The number of nitriles is 1. The highest BCUT2D eigenvalue weighted by Gasteiger charge is 2.10. The molecule has 1 saturated heterocycles. The van der Waals surface area contributed by atoms with Crippen molar-refractivity contribution in [2.75, 3.05) is 37.2 Å². The quantitative estimate of drug-likeness (QED) is 0.767. The van der Waals surface area contributed by atoms with Crippen LogP contribution in [0.3, 0.4) is 0 Å². The molecule has 96 valence electrons. The minimum atomic E-state index is 0.510. The van der Waals surface area contributed by atoms with Gasteiger partial charge in [0.15, 0.2) is 0 Å². The van der Waals surface area contributed by atoms with E-state index in [1.54, 1.807) is 12.3 Å². The zero-order chi connectivity index (χ0) is 12.8. The fraction of sp³-hybridized carbons (Fsp3) is 0.538. The van der Waals surface area contributed by atoms with E-state index < -0.39 is 0 Å². The number of hydrogen-bond acceptors (Lipinski definition) is 5. The van der Waals surface area contributed by atoms with Gasteiger partial charge in [0, 0.05) is 6.54 Å². The van der Waals surface area contributed by atoms with E-state index in [0.717, 1.165) is 19.5 Å². The van der Waals surface area contributed by atoms with Crippen molar-refractivity contribution in [2.24, 2.45) is 0 Å². The number of anilines is 2. The van der Waals surface area contributed by atoms with Crippen LogP contribution in [0.5, 0.6) is 0 Å². The van der Waals surface area contributed by atoms with E-state index in [-0.39, 0.29) is 0 Å². The van der Waals surface area contributed by atoms with Crippen molar-refractivity contribution in [3.8, 4) is 6.07 Å². The predicted octanol–water partition coefficient (Wildman–Crippen LogP) is 1.43. The molecule has 2 heterocycles. The highest BCUT2D eigenvalue weighted by atomic mass is 15.1. The number of nitrogen functional groups attached to an aromatic ring is 1. The first kappa shape index (κ1) is 12.7. The number of pyridine rings is 1. The molecule has 0 atom stereocenters. The zero-order valence-electron chi connectivity index (χ0n) is 10.5. The van der Waals surface area contributed by atoms with Gasteiger partial charge in [-0.1, -0.05) is 0 Å². The van der Waals surface area contributed by atoms with Crippen LogP contribution in [-0.4, -0.2) is 36.1 Å². The van der Waals surface area contributed by atoms with Gasteiger partial charge in [0.2, 0.25) is 0 Å². The van der Waals surface area contributed by atoms with E-state index in [1.165, 1.54) is 25.9 Å². The Kier molecular flexibility index (Phi) is 4.37. The molecule has 0 amide bonds. The van der Waals surface area contributed by atoms with E-state index in [4.69, 9.17) is 11.0 Å². The number of likely N-dealkylation sites (tertiary alicyclic amines) is 1. The van der Waals surface area contributed by atoms with Crippen molar-refractivity contribution in [1.29, 1.82) is 5.26 Å². The standard InChI is InChI=1S/C13H19N5/c14-9-11-8-12(15)10-17-13(11)16-4-3-7-18-5-1-2-6-18/h8,10H,1-7,15H2,(H,16,17). The van der Waals surface area contributed by atoms with E-state index >= 15 is 0 Å². The van der Waals surface area contributed by atoms with Gasteiger partial charge in [-0.3, -0.25) is 0 Å². The van der Waals surface area contributed by atoms with Crippen molar-refractivity contribution in [1.82, 2.24) is 9.88 Å². The van der Waals surface area contributed by atoms with Gasteiger partial charge in [-0.2, -0.15) is 5.26 Å². The Balaban J connectivity index is 1.77. The van der Waals surface area contributed by atoms with E-state index in [2.05, 4.69) is 21.3 Å². The van der Waals surface area contributed by atoms with Gasteiger partial charge >= 0.3 is 0 Å². The molecule has 0 saturated carbocycles.